The van der Waals surface area contributed by atoms with Gasteiger partial charge in [0.05, 0.1) is 12.2 Å². The molecular formula is C15H25NO2. The van der Waals surface area contributed by atoms with Gasteiger partial charge in [0, 0.05) is 12.6 Å². The van der Waals surface area contributed by atoms with Gasteiger partial charge in [0.25, 0.3) is 0 Å². The van der Waals surface area contributed by atoms with Crippen molar-refractivity contribution < 1.29 is 9.47 Å². The van der Waals surface area contributed by atoms with Crippen LogP contribution in [0.4, 0.5) is 0 Å². The van der Waals surface area contributed by atoms with Gasteiger partial charge in [-0.1, -0.05) is 12.8 Å². The molecule has 4 aliphatic rings. The first-order chi connectivity index (χ1) is 8.83. The lowest BCUT2D eigenvalue weighted by Gasteiger charge is -2.53. The molecule has 4 rings (SSSR count). The Morgan fingerprint density at radius 3 is 2.61 bits per heavy atom. The Kier molecular flexibility index (Phi) is 2.90. The molecule has 4 fully saturated rings. The molecule has 0 radical (unpaired) electrons. The summed E-state index contributed by atoms with van der Waals surface area (Å²) in [5.74, 6) is 2.71. The average molecular weight is 251 g/mol. The average Bonchev–Trinajstić information content (AvgIpc) is 2.84. The summed E-state index contributed by atoms with van der Waals surface area (Å²) in [4.78, 5) is 2.65. The number of hydrogen-bond acceptors (Lipinski definition) is 3. The number of fused-ring (bicyclic) bond motifs is 4. The summed E-state index contributed by atoms with van der Waals surface area (Å²) in [5, 5.41) is 0. The largest absolute Gasteiger partial charge is 0.349 e. The van der Waals surface area contributed by atoms with Crippen LogP contribution in [0.2, 0.25) is 0 Å². The first-order valence-corrected chi connectivity index (χ1v) is 7.76. The number of hydrogen-bond donors (Lipinski definition) is 0. The molecule has 18 heavy (non-hydrogen) atoms. The van der Waals surface area contributed by atoms with Gasteiger partial charge >= 0.3 is 0 Å². The lowest BCUT2D eigenvalue weighted by Crippen LogP contribution is -2.56. The van der Waals surface area contributed by atoms with Crippen molar-refractivity contribution in [2.45, 2.75) is 56.8 Å². The molecule has 2 heterocycles. The molecule has 0 N–H and O–H groups in total. The van der Waals surface area contributed by atoms with Crippen LogP contribution < -0.4 is 0 Å². The van der Waals surface area contributed by atoms with Crippen molar-refractivity contribution in [3.8, 4) is 0 Å². The summed E-state index contributed by atoms with van der Waals surface area (Å²) in [6.45, 7) is 1.83. The third-order valence-electron chi connectivity index (χ3n) is 6.04. The van der Waals surface area contributed by atoms with Gasteiger partial charge in [0.2, 0.25) is 0 Å². The standard InChI is InChI=1S/C15H25NO2/c1-16-8-10-6-14-15(18-9-17-14)7-12(10)11-4-2-3-5-13(11)16/h10-15H,2-9H2,1H3. The molecule has 2 saturated heterocycles. The highest BCUT2D eigenvalue weighted by molar-refractivity contribution is 5.00. The highest BCUT2D eigenvalue weighted by Gasteiger charge is 2.49. The van der Waals surface area contributed by atoms with Crippen LogP contribution in [-0.2, 0) is 9.47 Å². The van der Waals surface area contributed by atoms with Crippen LogP contribution in [0.25, 0.3) is 0 Å². The second-order valence-corrected chi connectivity index (χ2v) is 6.88. The Hall–Kier alpha value is -0.120. The van der Waals surface area contributed by atoms with Crippen LogP contribution in [0.3, 0.4) is 0 Å². The van der Waals surface area contributed by atoms with E-state index in [0.29, 0.717) is 19.0 Å². The third-order valence-corrected chi connectivity index (χ3v) is 6.04. The van der Waals surface area contributed by atoms with E-state index in [1.165, 1.54) is 45.1 Å². The van der Waals surface area contributed by atoms with E-state index in [-0.39, 0.29) is 0 Å². The summed E-state index contributed by atoms with van der Waals surface area (Å²) in [6, 6.07) is 0.860. The minimum atomic E-state index is 0.403. The SMILES string of the molecule is CN1CC2CC3OCOC3CC2C2CCCCC21. The van der Waals surface area contributed by atoms with Crippen LogP contribution in [0, 0.1) is 17.8 Å². The van der Waals surface area contributed by atoms with Crippen molar-refractivity contribution >= 4 is 0 Å². The van der Waals surface area contributed by atoms with Crippen LogP contribution in [0.15, 0.2) is 0 Å². The molecule has 102 valence electrons. The predicted molar refractivity (Wildman–Crippen MR) is 69.2 cm³/mol. The summed E-state index contributed by atoms with van der Waals surface area (Å²) in [6.07, 6.45) is 9.09. The van der Waals surface area contributed by atoms with Crippen molar-refractivity contribution in [1.29, 1.82) is 0 Å². The van der Waals surface area contributed by atoms with Crippen molar-refractivity contribution in [3.05, 3.63) is 0 Å². The molecule has 0 bridgehead atoms. The van der Waals surface area contributed by atoms with Gasteiger partial charge < -0.3 is 14.4 Å². The first-order valence-electron chi connectivity index (χ1n) is 7.76. The lowest BCUT2D eigenvalue weighted by atomic mass is 9.62. The lowest BCUT2D eigenvalue weighted by molar-refractivity contribution is -0.0648. The van der Waals surface area contributed by atoms with Gasteiger partial charge in [-0.3, -0.25) is 0 Å². The topological polar surface area (TPSA) is 21.7 Å². The number of piperidine rings is 1. The minimum Gasteiger partial charge on any atom is -0.349 e. The smallest absolute Gasteiger partial charge is 0.147 e. The normalized spacial score (nSPS) is 52.5. The number of nitrogens with zero attached hydrogens (tertiary/aromatic N) is 1. The molecule has 0 spiro atoms. The van der Waals surface area contributed by atoms with Crippen molar-refractivity contribution in [3.63, 3.8) is 0 Å². The van der Waals surface area contributed by atoms with Crippen LogP contribution in [0.5, 0.6) is 0 Å². The van der Waals surface area contributed by atoms with Gasteiger partial charge in [-0.15, -0.1) is 0 Å². The Balaban J connectivity index is 1.56. The fourth-order valence-corrected chi connectivity index (χ4v) is 5.23. The molecule has 6 atom stereocenters. The van der Waals surface area contributed by atoms with Crippen LogP contribution >= 0.6 is 0 Å². The maximum Gasteiger partial charge on any atom is 0.147 e. The fourth-order valence-electron chi connectivity index (χ4n) is 5.23. The van der Waals surface area contributed by atoms with Crippen molar-refractivity contribution in [2.75, 3.05) is 20.4 Å². The molecule has 2 aliphatic heterocycles. The van der Waals surface area contributed by atoms with E-state index in [1.54, 1.807) is 0 Å². The van der Waals surface area contributed by atoms with E-state index < -0.39 is 0 Å². The highest BCUT2D eigenvalue weighted by Crippen LogP contribution is 2.48. The van der Waals surface area contributed by atoms with Gasteiger partial charge in [-0.25, -0.2) is 0 Å². The second-order valence-electron chi connectivity index (χ2n) is 6.88. The molecule has 2 saturated carbocycles. The zero-order valence-electron chi connectivity index (χ0n) is 11.4. The monoisotopic (exact) mass is 251 g/mol. The Morgan fingerprint density at radius 1 is 0.944 bits per heavy atom. The molecule has 3 heteroatoms. The second kappa shape index (κ2) is 4.46. The Bertz CT molecular complexity index is 322. The number of ether oxygens (including phenoxy) is 2. The Labute approximate surface area is 110 Å². The summed E-state index contributed by atoms with van der Waals surface area (Å²) in [5.41, 5.74) is 0. The quantitative estimate of drug-likeness (QED) is 0.659. The van der Waals surface area contributed by atoms with Crippen LogP contribution in [0.1, 0.15) is 38.5 Å². The van der Waals surface area contributed by atoms with Gasteiger partial charge in [-0.05, 0) is 50.5 Å². The van der Waals surface area contributed by atoms with E-state index in [2.05, 4.69) is 11.9 Å². The zero-order valence-corrected chi connectivity index (χ0v) is 11.4. The molecule has 2 aliphatic carbocycles. The number of rotatable bonds is 0. The van der Waals surface area contributed by atoms with Crippen LogP contribution in [-0.4, -0.2) is 43.5 Å². The zero-order chi connectivity index (χ0) is 12.1. The molecule has 0 aromatic carbocycles. The molecule has 0 aromatic rings. The molecule has 0 aromatic heterocycles. The maximum atomic E-state index is 5.78. The van der Waals surface area contributed by atoms with E-state index >= 15 is 0 Å². The Morgan fingerprint density at radius 2 is 1.72 bits per heavy atom. The van der Waals surface area contributed by atoms with Gasteiger partial charge in [0.1, 0.15) is 6.79 Å². The predicted octanol–water partition coefficient (Wildman–Crippen LogP) is 2.26. The fraction of sp³-hybridized carbons (Fsp3) is 1.00. The van der Waals surface area contributed by atoms with Crippen molar-refractivity contribution in [2.24, 2.45) is 17.8 Å². The number of likely N-dealkylation sites (tertiary alicyclic amines) is 1. The van der Waals surface area contributed by atoms with Gasteiger partial charge in [0.15, 0.2) is 0 Å². The molecular weight excluding hydrogens is 226 g/mol. The first kappa shape index (κ1) is 11.7. The van der Waals surface area contributed by atoms with Crippen molar-refractivity contribution in [1.82, 2.24) is 4.90 Å². The summed E-state index contributed by atoms with van der Waals surface area (Å²) < 4.78 is 11.5. The maximum absolute atomic E-state index is 5.78. The molecule has 6 unspecified atom stereocenters. The van der Waals surface area contributed by atoms with E-state index in [4.69, 9.17) is 9.47 Å². The molecule has 0 amide bonds. The highest BCUT2D eigenvalue weighted by atomic mass is 16.7. The molecule has 3 nitrogen and oxygen atoms in total. The van der Waals surface area contributed by atoms with E-state index in [1.807, 2.05) is 0 Å². The minimum absolute atomic E-state index is 0.403. The van der Waals surface area contributed by atoms with E-state index in [9.17, 15) is 0 Å². The third kappa shape index (κ3) is 1.75. The summed E-state index contributed by atoms with van der Waals surface area (Å²) in [7, 11) is 2.34. The van der Waals surface area contributed by atoms with Gasteiger partial charge in [-0.2, -0.15) is 0 Å². The summed E-state index contributed by atoms with van der Waals surface area (Å²) >= 11 is 0. The van der Waals surface area contributed by atoms with E-state index in [0.717, 1.165) is 23.8 Å².